The molecule has 2 aliphatic rings. The van der Waals surface area contributed by atoms with Gasteiger partial charge in [-0.2, -0.15) is 0 Å². The minimum absolute atomic E-state index is 0.0160. The van der Waals surface area contributed by atoms with Crippen LogP contribution in [0.3, 0.4) is 0 Å². The number of amides is 1. The summed E-state index contributed by atoms with van der Waals surface area (Å²) < 4.78 is 45.7. The van der Waals surface area contributed by atoms with Crippen molar-refractivity contribution in [3.05, 3.63) is 65.5 Å². The van der Waals surface area contributed by atoms with E-state index in [1.54, 1.807) is 17.0 Å². The summed E-state index contributed by atoms with van der Waals surface area (Å²) in [5, 5.41) is 0. The highest BCUT2D eigenvalue weighted by Crippen LogP contribution is 2.43. The Kier molecular flexibility index (Phi) is 5.33. The van der Waals surface area contributed by atoms with Gasteiger partial charge in [0.2, 0.25) is 15.9 Å². The van der Waals surface area contributed by atoms with Gasteiger partial charge in [0.25, 0.3) is 0 Å². The van der Waals surface area contributed by atoms with E-state index in [2.05, 4.69) is 4.72 Å². The lowest BCUT2D eigenvalue weighted by atomic mass is 9.83. The van der Waals surface area contributed by atoms with Crippen LogP contribution in [-0.2, 0) is 25.2 Å². The Morgan fingerprint density at radius 2 is 1.87 bits per heavy atom. The molecule has 2 aromatic rings. The normalized spacial score (nSPS) is 17.6. The Balaban J connectivity index is 1.32. The Hall–Kier alpha value is -2.78. The summed E-state index contributed by atoms with van der Waals surface area (Å²) in [6.45, 7) is 0.741. The maximum atomic E-state index is 13.2. The predicted octanol–water partition coefficient (Wildman–Crippen LogP) is 2.18. The average molecular weight is 432 g/mol. The Labute approximate surface area is 173 Å². The first-order chi connectivity index (χ1) is 14.3. The van der Waals surface area contributed by atoms with Crippen LogP contribution in [0.4, 0.5) is 4.39 Å². The fourth-order valence-electron chi connectivity index (χ4n) is 4.00. The van der Waals surface area contributed by atoms with Crippen molar-refractivity contribution < 1.29 is 27.1 Å². The number of halogens is 1. The van der Waals surface area contributed by atoms with Crippen molar-refractivity contribution in [2.45, 2.75) is 29.8 Å². The number of carbonyl (C=O) groups excluding carboxylic acids is 2. The van der Waals surface area contributed by atoms with Gasteiger partial charge in [0.1, 0.15) is 11.4 Å². The van der Waals surface area contributed by atoms with E-state index < -0.39 is 21.4 Å². The Morgan fingerprint density at radius 3 is 2.60 bits per heavy atom. The quantitative estimate of drug-likeness (QED) is 0.731. The van der Waals surface area contributed by atoms with Gasteiger partial charge in [-0.05, 0) is 24.3 Å². The number of nitrogens with zero attached hydrogens (tertiary/aromatic N) is 1. The van der Waals surface area contributed by atoms with Crippen LogP contribution in [0.25, 0.3) is 0 Å². The molecule has 1 spiro atoms. The van der Waals surface area contributed by atoms with Crippen LogP contribution < -0.4 is 4.72 Å². The molecule has 7 nitrogen and oxygen atoms in total. The average Bonchev–Trinajstić information content (AvgIpc) is 3.00. The van der Waals surface area contributed by atoms with E-state index in [9.17, 15) is 22.4 Å². The zero-order valence-corrected chi connectivity index (χ0v) is 17.0. The molecule has 9 heteroatoms. The van der Waals surface area contributed by atoms with Gasteiger partial charge in [-0.3, -0.25) is 4.79 Å². The molecule has 0 aromatic heterocycles. The van der Waals surface area contributed by atoms with Gasteiger partial charge < -0.3 is 9.64 Å². The fourth-order valence-corrected chi connectivity index (χ4v) is 5.07. The van der Waals surface area contributed by atoms with Crippen LogP contribution in [0.1, 0.15) is 35.2 Å². The second kappa shape index (κ2) is 7.81. The van der Waals surface area contributed by atoms with Crippen molar-refractivity contribution in [1.82, 2.24) is 9.62 Å². The number of benzene rings is 2. The molecule has 158 valence electrons. The maximum Gasteiger partial charge on any atom is 0.339 e. The minimum Gasteiger partial charge on any atom is -0.450 e. The van der Waals surface area contributed by atoms with E-state index in [-0.39, 0.29) is 29.7 Å². The number of hydrogen-bond donors (Lipinski definition) is 1. The van der Waals surface area contributed by atoms with Crippen LogP contribution in [0.15, 0.2) is 53.4 Å². The van der Waals surface area contributed by atoms with Crippen LogP contribution in [0.2, 0.25) is 0 Å². The Bertz CT molecular complexity index is 1090. The van der Waals surface area contributed by atoms with E-state index in [0.29, 0.717) is 31.5 Å². The molecule has 1 amide bonds. The number of likely N-dealkylation sites (tertiary alicyclic amines) is 1. The molecule has 0 unspecified atom stereocenters. The second-order valence-electron chi connectivity index (χ2n) is 7.42. The lowest BCUT2D eigenvalue weighted by Gasteiger charge is -2.38. The zero-order chi connectivity index (χ0) is 21.4. The predicted molar refractivity (Wildman–Crippen MR) is 106 cm³/mol. The number of sulfonamides is 1. The summed E-state index contributed by atoms with van der Waals surface area (Å²) in [5.41, 5.74) is 0.748. The summed E-state index contributed by atoms with van der Waals surface area (Å²) >= 11 is 0. The number of fused-ring (bicyclic) bond motifs is 2. The van der Waals surface area contributed by atoms with Crippen molar-refractivity contribution in [2.24, 2.45) is 0 Å². The number of ether oxygens (including phenoxy) is 1. The molecule has 1 N–H and O–H groups in total. The van der Waals surface area contributed by atoms with Gasteiger partial charge >= 0.3 is 5.97 Å². The smallest absolute Gasteiger partial charge is 0.339 e. The Morgan fingerprint density at radius 1 is 1.13 bits per heavy atom. The third-order valence-corrected chi connectivity index (χ3v) is 7.05. The van der Waals surface area contributed by atoms with Gasteiger partial charge in [0, 0.05) is 44.5 Å². The fraction of sp³-hybridized carbons (Fsp3) is 0.333. The highest BCUT2D eigenvalue weighted by atomic mass is 32.2. The van der Waals surface area contributed by atoms with E-state index in [1.807, 2.05) is 12.1 Å². The SMILES string of the molecule is O=C1OC2(CCN(C(=O)CCNS(=O)(=O)c3cccc(F)c3)CC2)c2ccccc21. The number of nitrogens with one attached hydrogen (secondary N) is 1. The molecule has 1 saturated heterocycles. The molecule has 0 atom stereocenters. The van der Waals surface area contributed by atoms with Crippen molar-refractivity contribution in [2.75, 3.05) is 19.6 Å². The molecule has 1 fully saturated rings. The van der Waals surface area contributed by atoms with Gasteiger partial charge in [-0.1, -0.05) is 24.3 Å². The van der Waals surface area contributed by atoms with Crippen molar-refractivity contribution in [1.29, 1.82) is 0 Å². The van der Waals surface area contributed by atoms with E-state index in [4.69, 9.17) is 4.74 Å². The number of esters is 1. The first-order valence-electron chi connectivity index (χ1n) is 9.67. The van der Waals surface area contributed by atoms with Crippen LogP contribution in [0.5, 0.6) is 0 Å². The van der Waals surface area contributed by atoms with Crippen LogP contribution in [-0.4, -0.2) is 44.8 Å². The molecule has 30 heavy (non-hydrogen) atoms. The van der Waals surface area contributed by atoms with Crippen molar-refractivity contribution >= 4 is 21.9 Å². The number of rotatable bonds is 5. The molecular weight excluding hydrogens is 411 g/mol. The summed E-state index contributed by atoms with van der Waals surface area (Å²) in [4.78, 5) is 26.1. The largest absolute Gasteiger partial charge is 0.450 e. The summed E-state index contributed by atoms with van der Waals surface area (Å²) in [6, 6.07) is 12.0. The molecule has 2 aliphatic heterocycles. The molecule has 0 bridgehead atoms. The van der Waals surface area contributed by atoms with Gasteiger partial charge in [0.05, 0.1) is 10.5 Å². The third kappa shape index (κ3) is 3.82. The van der Waals surface area contributed by atoms with Gasteiger partial charge in [0.15, 0.2) is 0 Å². The van der Waals surface area contributed by atoms with E-state index >= 15 is 0 Å². The third-order valence-electron chi connectivity index (χ3n) is 5.59. The lowest BCUT2D eigenvalue weighted by Crippen LogP contribution is -2.46. The molecule has 0 saturated carbocycles. The van der Waals surface area contributed by atoms with Crippen LogP contribution in [0, 0.1) is 5.82 Å². The molecule has 2 aromatic carbocycles. The van der Waals surface area contributed by atoms with E-state index in [0.717, 1.165) is 17.7 Å². The number of carbonyl (C=O) groups is 2. The van der Waals surface area contributed by atoms with Gasteiger partial charge in [-0.25, -0.2) is 22.3 Å². The van der Waals surface area contributed by atoms with Crippen molar-refractivity contribution in [3.63, 3.8) is 0 Å². The topological polar surface area (TPSA) is 92.8 Å². The maximum absolute atomic E-state index is 13.2. The standard InChI is InChI=1S/C21H21FN2O5S/c22-15-4-3-5-16(14-15)30(27,28)23-11-8-19(25)24-12-9-21(10-13-24)18-7-2-1-6-17(18)20(26)29-21/h1-7,14,23H,8-13H2. The number of hydrogen-bond acceptors (Lipinski definition) is 5. The minimum atomic E-state index is -3.89. The lowest BCUT2D eigenvalue weighted by molar-refractivity contribution is -0.135. The van der Waals surface area contributed by atoms with Crippen LogP contribution >= 0.6 is 0 Å². The summed E-state index contributed by atoms with van der Waals surface area (Å²) in [6.07, 6.45) is 0.977. The highest BCUT2D eigenvalue weighted by Gasteiger charge is 2.47. The first-order valence-corrected chi connectivity index (χ1v) is 11.1. The summed E-state index contributed by atoms with van der Waals surface area (Å²) in [7, 11) is -3.89. The summed E-state index contributed by atoms with van der Waals surface area (Å²) in [5.74, 6) is -1.17. The molecule has 4 rings (SSSR count). The molecular formula is C21H21FN2O5S. The monoisotopic (exact) mass is 432 g/mol. The molecule has 2 heterocycles. The molecule has 0 aliphatic carbocycles. The van der Waals surface area contributed by atoms with Crippen molar-refractivity contribution in [3.8, 4) is 0 Å². The molecule has 0 radical (unpaired) electrons. The highest BCUT2D eigenvalue weighted by molar-refractivity contribution is 7.89. The van der Waals surface area contributed by atoms with E-state index in [1.165, 1.54) is 12.1 Å². The second-order valence-corrected chi connectivity index (χ2v) is 9.18. The van der Waals surface area contributed by atoms with Gasteiger partial charge in [-0.15, -0.1) is 0 Å². The number of piperidine rings is 1. The first kappa shape index (κ1) is 20.5. The zero-order valence-electron chi connectivity index (χ0n) is 16.1.